The Bertz CT molecular complexity index is 565. The maximum Gasteiger partial charge on any atom is 0.141 e. The van der Waals surface area contributed by atoms with E-state index < -0.39 is 5.82 Å². The fraction of sp³-hybridized carbons (Fsp3) is 0.250. The maximum absolute atomic E-state index is 13.2. The summed E-state index contributed by atoms with van der Waals surface area (Å²) in [5, 5.41) is 0.119. The summed E-state index contributed by atoms with van der Waals surface area (Å²) in [5.41, 5.74) is 1.61. The molecule has 0 saturated carbocycles. The van der Waals surface area contributed by atoms with E-state index >= 15 is 0 Å². The van der Waals surface area contributed by atoms with Crippen LogP contribution in [0.3, 0.4) is 0 Å². The zero-order chi connectivity index (χ0) is 14.6. The molecule has 0 saturated heterocycles. The number of benzene rings is 2. The predicted molar refractivity (Wildman–Crippen MR) is 84.7 cm³/mol. The van der Waals surface area contributed by atoms with Crippen molar-refractivity contribution in [1.82, 2.24) is 0 Å². The van der Waals surface area contributed by atoms with Crippen molar-refractivity contribution < 1.29 is 4.39 Å². The highest BCUT2D eigenvalue weighted by Gasteiger charge is 2.31. The van der Waals surface area contributed by atoms with E-state index in [9.17, 15) is 4.39 Å². The molecule has 0 N–H and O–H groups in total. The first-order valence-corrected chi connectivity index (χ1v) is 7.67. The van der Waals surface area contributed by atoms with Crippen LogP contribution in [0.4, 0.5) is 4.39 Å². The molecule has 0 fully saturated rings. The molecule has 0 amide bonds. The lowest BCUT2D eigenvalue weighted by molar-refractivity contribution is 0.535. The molecule has 0 aliphatic carbocycles. The average molecular weight is 332 g/mol. The molecule has 0 aliphatic heterocycles. The van der Waals surface area contributed by atoms with Gasteiger partial charge in [-0.05, 0) is 29.7 Å². The highest BCUT2D eigenvalue weighted by Crippen LogP contribution is 2.32. The van der Waals surface area contributed by atoms with Crippen molar-refractivity contribution in [3.8, 4) is 0 Å². The quantitative estimate of drug-likeness (QED) is 0.640. The molecule has 4 heteroatoms. The van der Waals surface area contributed by atoms with Crippen molar-refractivity contribution in [1.29, 1.82) is 0 Å². The van der Waals surface area contributed by atoms with Crippen molar-refractivity contribution in [3.63, 3.8) is 0 Å². The largest absolute Gasteiger partial charge is 0.205 e. The summed E-state index contributed by atoms with van der Waals surface area (Å²) in [6.45, 7) is 0. The van der Waals surface area contributed by atoms with Crippen molar-refractivity contribution >= 4 is 34.8 Å². The fourth-order valence-corrected chi connectivity index (χ4v) is 3.21. The standard InChI is InChI=1S/C16H14Cl3F/c17-10-16(11-18,13-4-2-1-3-5-13)9-12-6-7-15(20)14(19)8-12/h1-8H,9-11H2. The fourth-order valence-electron chi connectivity index (χ4n) is 2.22. The van der Waals surface area contributed by atoms with Gasteiger partial charge in [-0.3, -0.25) is 0 Å². The van der Waals surface area contributed by atoms with Crippen LogP contribution in [-0.2, 0) is 11.8 Å². The van der Waals surface area contributed by atoms with Crippen LogP contribution in [0.2, 0.25) is 5.02 Å². The third kappa shape index (κ3) is 3.28. The lowest BCUT2D eigenvalue weighted by Crippen LogP contribution is -2.33. The Morgan fingerprint density at radius 3 is 2.15 bits per heavy atom. The predicted octanol–water partition coefficient (Wildman–Crippen LogP) is 5.44. The zero-order valence-electron chi connectivity index (χ0n) is 10.8. The summed E-state index contributed by atoms with van der Waals surface area (Å²) in [5.74, 6) is 0.350. The van der Waals surface area contributed by atoms with E-state index in [0.29, 0.717) is 18.2 Å². The second-order valence-corrected chi connectivity index (χ2v) is 5.78. The lowest BCUT2D eigenvalue weighted by Gasteiger charge is -2.30. The Morgan fingerprint density at radius 1 is 0.950 bits per heavy atom. The van der Waals surface area contributed by atoms with Crippen LogP contribution in [0.25, 0.3) is 0 Å². The van der Waals surface area contributed by atoms with E-state index in [-0.39, 0.29) is 10.4 Å². The molecule has 0 aromatic heterocycles. The second kappa shape index (κ2) is 6.80. The van der Waals surface area contributed by atoms with Crippen LogP contribution in [0.15, 0.2) is 48.5 Å². The van der Waals surface area contributed by atoms with Crippen LogP contribution in [0.5, 0.6) is 0 Å². The molecule has 0 heterocycles. The van der Waals surface area contributed by atoms with Gasteiger partial charge in [-0.2, -0.15) is 0 Å². The SMILES string of the molecule is Fc1ccc(CC(CCl)(CCl)c2ccccc2)cc1Cl. The van der Waals surface area contributed by atoms with Gasteiger partial charge in [0.2, 0.25) is 0 Å². The van der Waals surface area contributed by atoms with Crippen LogP contribution in [0.1, 0.15) is 11.1 Å². The van der Waals surface area contributed by atoms with E-state index in [4.69, 9.17) is 34.8 Å². The van der Waals surface area contributed by atoms with Crippen LogP contribution >= 0.6 is 34.8 Å². The van der Waals surface area contributed by atoms with E-state index in [0.717, 1.165) is 11.1 Å². The summed E-state index contributed by atoms with van der Waals surface area (Å²) in [6.07, 6.45) is 0.615. The van der Waals surface area contributed by atoms with Crippen molar-refractivity contribution in [2.24, 2.45) is 0 Å². The summed E-state index contributed by atoms with van der Waals surface area (Å²) in [4.78, 5) is 0. The number of alkyl halides is 2. The van der Waals surface area contributed by atoms with Gasteiger partial charge in [0.15, 0.2) is 0 Å². The molecular weight excluding hydrogens is 318 g/mol. The Balaban J connectivity index is 2.36. The third-order valence-corrected chi connectivity index (χ3v) is 4.74. The first-order valence-electron chi connectivity index (χ1n) is 6.23. The first-order chi connectivity index (χ1) is 9.61. The van der Waals surface area contributed by atoms with Crippen LogP contribution in [-0.4, -0.2) is 11.8 Å². The minimum atomic E-state index is -0.419. The molecule has 0 aliphatic rings. The van der Waals surface area contributed by atoms with Crippen molar-refractivity contribution in [3.05, 3.63) is 70.5 Å². The molecule has 0 radical (unpaired) electrons. The average Bonchev–Trinajstić information content (AvgIpc) is 2.49. The Labute approximate surface area is 133 Å². The van der Waals surface area contributed by atoms with Gasteiger partial charge in [0, 0.05) is 17.2 Å². The normalized spacial score (nSPS) is 11.6. The molecule has 0 unspecified atom stereocenters. The number of hydrogen-bond acceptors (Lipinski definition) is 0. The molecule has 106 valence electrons. The number of hydrogen-bond donors (Lipinski definition) is 0. The minimum Gasteiger partial charge on any atom is -0.205 e. The highest BCUT2D eigenvalue weighted by atomic mass is 35.5. The minimum absolute atomic E-state index is 0.119. The monoisotopic (exact) mass is 330 g/mol. The maximum atomic E-state index is 13.2. The van der Waals surface area contributed by atoms with Gasteiger partial charge < -0.3 is 0 Å². The Hall–Kier alpha value is -0.760. The summed E-state index contributed by atoms with van der Waals surface area (Å²) < 4.78 is 13.2. The number of halogens is 4. The van der Waals surface area contributed by atoms with E-state index in [1.54, 1.807) is 12.1 Å². The first kappa shape index (κ1) is 15.6. The molecule has 2 aromatic carbocycles. The zero-order valence-corrected chi connectivity index (χ0v) is 13.0. The van der Waals surface area contributed by atoms with Gasteiger partial charge in [-0.15, -0.1) is 23.2 Å². The van der Waals surface area contributed by atoms with Crippen LogP contribution in [0, 0.1) is 5.82 Å². The molecule has 2 aromatic rings. The molecule has 0 spiro atoms. The summed E-state index contributed by atoms with van der Waals surface area (Å²) in [7, 11) is 0. The van der Waals surface area contributed by atoms with E-state index in [1.807, 2.05) is 30.3 Å². The van der Waals surface area contributed by atoms with E-state index in [1.165, 1.54) is 6.07 Å². The molecule has 0 bridgehead atoms. The van der Waals surface area contributed by atoms with Gasteiger partial charge in [0.1, 0.15) is 5.82 Å². The highest BCUT2D eigenvalue weighted by molar-refractivity contribution is 6.30. The number of rotatable bonds is 5. The molecule has 20 heavy (non-hydrogen) atoms. The Kier molecular flexibility index (Phi) is 5.31. The third-order valence-electron chi connectivity index (χ3n) is 3.42. The van der Waals surface area contributed by atoms with Crippen molar-refractivity contribution in [2.75, 3.05) is 11.8 Å². The van der Waals surface area contributed by atoms with Gasteiger partial charge >= 0.3 is 0 Å². The molecule has 0 atom stereocenters. The van der Waals surface area contributed by atoms with E-state index in [2.05, 4.69) is 0 Å². The van der Waals surface area contributed by atoms with Crippen LogP contribution < -0.4 is 0 Å². The topological polar surface area (TPSA) is 0 Å². The smallest absolute Gasteiger partial charge is 0.141 e. The van der Waals surface area contributed by atoms with Gasteiger partial charge in [-0.25, -0.2) is 4.39 Å². The van der Waals surface area contributed by atoms with Gasteiger partial charge in [0.25, 0.3) is 0 Å². The molecular formula is C16H14Cl3F. The Morgan fingerprint density at radius 2 is 1.60 bits per heavy atom. The summed E-state index contributed by atoms with van der Waals surface area (Å²) >= 11 is 18.2. The van der Waals surface area contributed by atoms with Crippen molar-refractivity contribution in [2.45, 2.75) is 11.8 Å². The lowest BCUT2D eigenvalue weighted by atomic mass is 9.79. The molecule has 0 nitrogen and oxygen atoms in total. The summed E-state index contributed by atoms with van der Waals surface area (Å²) in [6, 6.07) is 14.6. The molecule has 2 rings (SSSR count). The van der Waals surface area contributed by atoms with Gasteiger partial charge in [0.05, 0.1) is 5.02 Å². The van der Waals surface area contributed by atoms with Gasteiger partial charge in [-0.1, -0.05) is 48.0 Å². The second-order valence-electron chi connectivity index (χ2n) is 4.84.